The molecule has 1 N–H and O–H groups in total. The van der Waals surface area contributed by atoms with Crippen LogP contribution in [0.3, 0.4) is 0 Å². The van der Waals surface area contributed by atoms with Crippen molar-refractivity contribution in [2.75, 3.05) is 19.7 Å². The molecule has 26 heavy (non-hydrogen) atoms. The van der Waals surface area contributed by atoms with Gasteiger partial charge >= 0.3 is 0 Å². The molecular formula is C21H31N3O2. The van der Waals surface area contributed by atoms with E-state index in [1.165, 1.54) is 11.1 Å². The molecule has 5 heteroatoms. The molecule has 1 aliphatic rings. The van der Waals surface area contributed by atoms with E-state index < -0.39 is 5.60 Å². The van der Waals surface area contributed by atoms with Crippen LogP contribution in [-0.2, 0) is 24.2 Å². The van der Waals surface area contributed by atoms with E-state index in [2.05, 4.69) is 34.3 Å². The molecule has 5 nitrogen and oxygen atoms in total. The van der Waals surface area contributed by atoms with Gasteiger partial charge in [0.15, 0.2) is 0 Å². The number of hydrogen-bond acceptors (Lipinski definition) is 4. The highest BCUT2D eigenvalue weighted by atomic mass is 16.5. The van der Waals surface area contributed by atoms with Crippen LogP contribution < -0.4 is 0 Å². The fraction of sp³-hybridized carbons (Fsp3) is 0.571. The van der Waals surface area contributed by atoms with E-state index in [4.69, 9.17) is 4.74 Å². The maximum absolute atomic E-state index is 9.87. The van der Waals surface area contributed by atoms with Crippen molar-refractivity contribution in [1.29, 1.82) is 0 Å². The maximum Gasteiger partial charge on any atom is 0.0897 e. The van der Waals surface area contributed by atoms with Crippen LogP contribution in [0.5, 0.6) is 0 Å². The highest BCUT2D eigenvalue weighted by Gasteiger charge is 2.19. The van der Waals surface area contributed by atoms with E-state index in [1.807, 2.05) is 37.0 Å². The second-order valence-electron chi connectivity index (χ2n) is 7.94. The Morgan fingerprint density at radius 1 is 1.23 bits per heavy atom. The topological polar surface area (TPSA) is 50.5 Å². The van der Waals surface area contributed by atoms with Crippen LogP contribution in [0.15, 0.2) is 42.7 Å². The molecular weight excluding hydrogens is 326 g/mol. The molecule has 1 atom stereocenters. The van der Waals surface area contributed by atoms with Gasteiger partial charge in [0.2, 0.25) is 0 Å². The van der Waals surface area contributed by atoms with Crippen molar-refractivity contribution in [1.82, 2.24) is 14.7 Å². The van der Waals surface area contributed by atoms with Gasteiger partial charge < -0.3 is 9.84 Å². The number of aryl methyl sites for hydroxylation is 1. The lowest BCUT2D eigenvalue weighted by Crippen LogP contribution is -2.34. The average molecular weight is 357 g/mol. The van der Waals surface area contributed by atoms with Gasteiger partial charge in [-0.2, -0.15) is 5.10 Å². The lowest BCUT2D eigenvalue weighted by molar-refractivity contribution is 0.0391. The molecule has 2 aromatic rings. The summed E-state index contributed by atoms with van der Waals surface area (Å²) in [6.45, 7) is 8.30. The molecule has 2 heterocycles. The van der Waals surface area contributed by atoms with Crippen LogP contribution in [0.1, 0.15) is 37.8 Å². The van der Waals surface area contributed by atoms with Gasteiger partial charge in [-0.25, -0.2) is 0 Å². The Morgan fingerprint density at radius 3 is 2.69 bits per heavy atom. The van der Waals surface area contributed by atoms with Gasteiger partial charge in [0.05, 0.1) is 18.2 Å². The number of benzene rings is 1. The van der Waals surface area contributed by atoms with Crippen molar-refractivity contribution in [3.05, 3.63) is 53.9 Å². The summed E-state index contributed by atoms with van der Waals surface area (Å²) in [6, 6.07) is 10.8. The minimum atomic E-state index is -0.603. The van der Waals surface area contributed by atoms with E-state index in [0.29, 0.717) is 0 Å². The summed E-state index contributed by atoms with van der Waals surface area (Å²) >= 11 is 0. The Labute approximate surface area is 156 Å². The van der Waals surface area contributed by atoms with Gasteiger partial charge in [-0.3, -0.25) is 9.58 Å². The van der Waals surface area contributed by atoms with Crippen molar-refractivity contribution < 1.29 is 9.84 Å². The molecule has 1 saturated heterocycles. The number of ether oxygens (including phenoxy) is 1. The first-order chi connectivity index (χ1) is 12.5. The summed E-state index contributed by atoms with van der Waals surface area (Å²) in [5.74, 6) is 0. The maximum atomic E-state index is 9.87. The average Bonchev–Trinajstić information content (AvgIpc) is 3.00. The van der Waals surface area contributed by atoms with Crippen molar-refractivity contribution in [2.24, 2.45) is 0 Å². The minimum absolute atomic E-state index is 0.184. The molecule has 142 valence electrons. The first kappa shape index (κ1) is 19.1. The third-order valence-corrected chi connectivity index (χ3v) is 4.84. The minimum Gasteiger partial charge on any atom is -0.390 e. The van der Waals surface area contributed by atoms with Gasteiger partial charge in [0.25, 0.3) is 0 Å². The molecule has 1 aliphatic heterocycles. The summed E-state index contributed by atoms with van der Waals surface area (Å²) in [6.07, 6.45) is 6.75. The Bertz CT molecular complexity index is 647. The Hall–Kier alpha value is -1.69. The fourth-order valence-corrected chi connectivity index (χ4v) is 3.36. The first-order valence-corrected chi connectivity index (χ1v) is 9.59. The lowest BCUT2D eigenvalue weighted by Gasteiger charge is -2.24. The third kappa shape index (κ3) is 6.24. The van der Waals surface area contributed by atoms with Crippen LogP contribution in [0, 0.1) is 0 Å². The van der Waals surface area contributed by atoms with Crippen molar-refractivity contribution in [3.63, 3.8) is 0 Å². The fourth-order valence-electron chi connectivity index (χ4n) is 3.36. The number of hydrogen-bond donors (Lipinski definition) is 1. The quantitative estimate of drug-likeness (QED) is 0.828. The molecule has 1 unspecified atom stereocenters. The molecule has 0 amide bonds. The molecule has 1 fully saturated rings. The molecule has 0 spiro atoms. The number of aromatic nitrogens is 2. The highest BCUT2D eigenvalue weighted by Crippen LogP contribution is 2.16. The summed E-state index contributed by atoms with van der Waals surface area (Å²) in [5, 5.41) is 14.2. The third-order valence-electron chi connectivity index (χ3n) is 4.84. The van der Waals surface area contributed by atoms with Gasteiger partial charge in [0.1, 0.15) is 0 Å². The lowest BCUT2D eigenvalue weighted by atomic mass is 9.98. The molecule has 0 bridgehead atoms. The van der Waals surface area contributed by atoms with Crippen LogP contribution in [0.4, 0.5) is 0 Å². The zero-order valence-electron chi connectivity index (χ0n) is 16.0. The van der Waals surface area contributed by atoms with Crippen LogP contribution in [-0.4, -0.2) is 51.2 Å². The van der Waals surface area contributed by atoms with E-state index in [1.54, 1.807) is 0 Å². The smallest absolute Gasteiger partial charge is 0.0897 e. The first-order valence-electron chi connectivity index (χ1n) is 9.59. The van der Waals surface area contributed by atoms with E-state index in [0.717, 1.165) is 52.0 Å². The molecule has 1 aromatic heterocycles. The van der Waals surface area contributed by atoms with E-state index in [9.17, 15) is 5.11 Å². The highest BCUT2D eigenvalue weighted by molar-refractivity contribution is 5.22. The van der Waals surface area contributed by atoms with Gasteiger partial charge in [-0.15, -0.1) is 0 Å². The summed E-state index contributed by atoms with van der Waals surface area (Å²) in [5.41, 5.74) is 2.01. The summed E-state index contributed by atoms with van der Waals surface area (Å²) in [7, 11) is 0. The SMILES string of the molecule is CC(C)(O)CCc1ccc(CN2CCCOC(Cn3cccn3)C2)cc1. The molecule has 1 aromatic carbocycles. The van der Waals surface area contributed by atoms with E-state index in [-0.39, 0.29) is 6.10 Å². The van der Waals surface area contributed by atoms with Gasteiger partial charge in [-0.1, -0.05) is 24.3 Å². The van der Waals surface area contributed by atoms with Crippen LogP contribution in [0.2, 0.25) is 0 Å². The Balaban J connectivity index is 1.53. The zero-order chi connectivity index (χ0) is 18.4. The van der Waals surface area contributed by atoms with Crippen molar-refractivity contribution in [3.8, 4) is 0 Å². The monoisotopic (exact) mass is 357 g/mol. The van der Waals surface area contributed by atoms with Crippen molar-refractivity contribution in [2.45, 2.75) is 57.9 Å². The largest absolute Gasteiger partial charge is 0.390 e. The Kier molecular flexibility index (Phi) is 6.46. The van der Waals surface area contributed by atoms with Gasteiger partial charge in [-0.05, 0) is 50.3 Å². The van der Waals surface area contributed by atoms with Crippen LogP contribution >= 0.6 is 0 Å². The number of aliphatic hydroxyl groups is 1. The second-order valence-corrected chi connectivity index (χ2v) is 7.94. The number of rotatable bonds is 7. The molecule has 3 rings (SSSR count). The summed E-state index contributed by atoms with van der Waals surface area (Å²) in [4.78, 5) is 2.48. The summed E-state index contributed by atoms with van der Waals surface area (Å²) < 4.78 is 7.95. The zero-order valence-corrected chi connectivity index (χ0v) is 16.0. The molecule has 0 radical (unpaired) electrons. The second kappa shape index (κ2) is 8.80. The molecule has 0 aliphatic carbocycles. The van der Waals surface area contributed by atoms with Gasteiger partial charge in [0, 0.05) is 38.6 Å². The standard InChI is InChI=1S/C21H31N3O2/c1-21(2,25)10-9-18-5-7-19(8-6-18)15-23-12-4-14-26-20(16-23)17-24-13-3-11-22-24/h3,5-8,11,13,20,25H,4,9-10,12,14-17H2,1-2H3. The van der Waals surface area contributed by atoms with Crippen LogP contribution in [0.25, 0.3) is 0 Å². The normalized spacial score (nSPS) is 19.4. The predicted octanol–water partition coefficient (Wildman–Crippen LogP) is 2.88. The van der Waals surface area contributed by atoms with Crippen molar-refractivity contribution >= 4 is 0 Å². The van der Waals surface area contributed by atoms with E-state index >= 15 is 0 Å². The number of nitrogens with zero attached hydrogens (tertiary/aromatic N) is 3. The molecule has 0 saturated carbocycles. The Morgan fingerprint density at radius 2 is 2.00 bits per heavy atom. The predicted molar refractivity (Wildman–Crippen MR) is 103 cm³/mol.